The standard InChI is InChI=1S/C28H30O6/c29-23-10-6-2-5-9-21(15-23)28(31)33-18-27(30)26-17-22(19-7-3-1-4-8-19)16-25(26)20-11-13-24(34-32)14-12-20/h1,3-4,7-8,11-14,17,21,25-26,32H,2,5-6,9-10,15-16,18H2. The number of carbonyl (C=O) groups excluding carboxylic acids is 3. The van der Waals surface area contributed by atoms with Gasteiger partial charge in [0, 0.05) is 24.7 Å². The molecule has 2 aromatic carbocycles. The topological polar surface area (TPSA) is 89.9 Å². The molecule has 0 saturated heterocycles. The minimum Gasteiger partial charge on any atom is -0.457 e. The first-order valence-electron chi connectivity index (χ1n) is 11.9. The number of hydrogen-bond donors (Lipinski definition) is 1. The molecule has 2 aliphatic rings. The highest BCUT2D eigenvalue weighted by atomic mass is 17.1. The molecule has 4 rings (SSSR count). The molecule has 0 heterocycles. The molecule has 1 saturated carbocycles. The van der Waals surface area contributed by atoms with Crippen LogP contribution in [-0.4, -0.2) is 29.4 Å². The summed E-state index contributed by atoms with van der Waals surface area (Å²) in [6.45, 7) is -0.304. The zero-order chi connectivity index (χ0) is 23.9. The Hall–Kier alpha value is -3.25. The van der Waals surface area contributed by atoms with Gasteiger partial charge in [-0.25, -0.2) is 5.26 Å². The monoisotopic (exact) mass is 462 g/mol. The molecule has 3 atom stereocenters. The number of ether oxygens (including phenoxy) is 1. The Labute approximate surface area is 199 Å². The van der Waals surface area contributed by atoms with Crippen LogP contribution in [-0.2, 0) is 19.1 Å². The third-order valence-electron chi connectivity index (χ3n) is 6.86. The summed E-state index contributed by atoms with van der Waals surface area (Å²) in [4.78, 5) is 42.2. The van der Waals surface area contributed by atoms with Gasteiger partial charge in [-0.1, -0.05) is 61.4 Å². The van der Waals surface area contributed by atoms with Crippen molar-refractivity contribution in [2.45, 2.75) is 50.9 Å². The summed E-state index contributed by atoms with van der Waals surface area (Å²) in [6, 6.07) is 16.9. The lowest BCUT2D eigenvalue weighted by Crippen LogP contribution is -2.28. The van der Waals surface area contributed by atoms with E-state index in [9.17, 15) is 14.4 Å². The Kier molecular flexibility index (Phi) is 7.91. The number of ketones is 2. The molecule has 3 unspecified atom stereocenters. The van der Waals surface area contributed by atoms with E-state index in [2.05, 4.69) is 4.89 Å². The molecule has 34 heavy (non-hydrogen) atoms. The van der Waals surface area contributed by atoms with Gasteiger partial charge in [0.05, 0.1) is 5.92 Å². The Bertz CT molecular complexity index is 1040. The molecular formula is C28H30O6. The molecule has 1 N–H and O–H groups in total. The average molecular weight is 463 g/mol. The van der Waals surface area contributed by atoms with Gasteiger partial charge in [0.2, 0.25) is 0 Å². The van der Waals surface area contributed by atoms with Crippen LogP contribution in [0.1, 0.15) is 62.0 Å². The van der Waals surface area contributed by atoms with Crippen molar-refractivity contribution >= 4 is 23.1 Å². The molecule has 6 nitrogen and oxygen atoms in total. The molecule has 0 bridgehead atoms. The van der Waals surface area contributed by atoms with Crippen molar-refractivity contribution in [2.24, 2.45) is 11.8 Å². The predicted octanol–water partition coefficient (Wildman–Crippen LogP) is 5.38. The van der Waals surface area contributed by atoms with E-state index in [0.717, 1.165) is 36.0 Å². The quantitative estimate of drug-likeness (QED) is 0.338. The van der Waals surface area contributed by atoms with Gasteiger partial charge in [0.25, 0.3) is 0 Å². The molecule has 2 aromatic rings. The van der Waals surface area contributed by atoms with E-state index >= 15 is 0 Å². The van der Waals surface area contributed by atoms with E-state index in [1.807, 2.05) is 48.5 Å². The van der Waals surface area contributed by atoms with E-state index in [1.54, 1.807) is 12.1 Å². The van der Waals surface area contributed by atoms with Crippen molar-refractivity contribution in [1.82, 2.24) is 0 Å². The number of allylic oxidation sites excluding steroid dienone is 2. The van der Waals surface area contributed by atoms with E-state index in [0.29, 0.717) is 25.0 Å². The minimum absolute atomic E-state index is 0.0922. The van der Waals surface area contributed by atoms with Gasteiger partial charge in [0.1, 0.15) is 5.78 Å². The van der Waals surface area contributed by atoms with E-state index in [1.165, 1.54) is 0 Å². The van der Waals surface area contributed by atoms with Crippen molar-refractivity contribution in [3.05, 3.63) is 71.8 Å². The van der Waals surface area contributed by atoms with Crippen LogP contribution in [0.3, 0.4) is 0 Å². The molecule has 0 spiro atoms. The van der Waals surface area contributed by atoms with Gasteiger partial charge < -0.3 is 9.62 Å². The van der Waals surface area contributed by atoms with E-state index in [-0.39, 0.29) is 30.5 Å². The summed E-state index contributed by atoms with van der Waals surface area (Å²) < 4.78 is 5.44. The highest BCUT2D eigenvalue weighted by Gasteiger charge is 2.35. The van der Waals surface area contributed by atoms with Gasteiger partial charge in [-0.15, -0.1) is 0 Å². The van der Waals surface area contributed by atoms with Crippen LogP contribution in [0.2, 0.25) is 0 Å². The third-order valence-corrected chi connectivity index (χ3v) is 6.86. The maximum Gasteiger partial charge on any atom is 0.309 e. The number of hydrogen-bond acceptors (Lipinski definition) is 6. The molecule has 0 radical (unpaired) electrons. The molecular weight excluding hydrogens is 432 g/mol. The molecule has 0 aliphatic heterocycles. The fraction of sp³-hybridized carbons (Fsp3) is 0.393. The molecule has 6 heteroatoms. The predicted molar refractivity (Wildman–Crippen MR) is 127 cm³/mol. The highest BCUT2D eigenvalue weighted by molar-refractivity contribution is 5.91. The Morgan fingerprint density at radius 1 is 0.941 bits per heavy atom. The Morgan fingerprint density at radius 3 is 2.44 bits per heavy atom. The van der Waals surface area contributed by atoms with Gasteiger partial charge in [-0.2, -0.15) is 0 Å². The first-order valence-corrected chi connectivity index (χ1v) is 11.9. The Morgan fingerprint density at radius 2 is 1.71 bits per heavy atom. The summed E-state index contributed by atoms with van der Waals surface area (Å²) >= 11 is 0. The number of benzene rings is 2. The molecule has 0 amide bonds. The second kappa shape index (κ2) is 11.3. The third kappa shape index (κ3) is 5.81. The van der Waals surface area contributed by atoms with E-state index < -0.39 is 17.8 Å². The lowest BCUT2D eigenvalue weighted by atomic mass is 9.85. The van der Waals surface area contributed by atoms with Crippen LogP contribution in [0.4, 0.5) is 0 Å². The minimum atomic E-state index is -0.457. The Balaban J connectivity index is 1.48. The molecule has 2 aliphatic carbocycles. The SMILES string of the molecule is O=C1CCCCCC(C(=O)OCC(=O)C2C=C(c3ccccc3)CC2c2ccc(OO)cc2)C1. The lowest BCUT2D eigenvalue weighted by molar-refractivity contribution is -0.154. The average Bonchev–Trinajstić information content (AvgIpc) is 3.31. The van der Waals surface area contributed by atoms with Gasteiger partial charge in [-0.05, 0) is 48.1 Å². The first kappa shape index (κ1) is 23.9. The zero-order valence-electron chi connectivity index (χ0n) is 19.2. The maximum atomic E-state index is 13.3. The van der Waals surface area contributed by atoms with Crippen LogP contribution in [0.15, 0.2) is 60.7 Å². The van der Waals surface area contributed by atoms with Gasteiger partial charge >= 0.3 is 5.97 Å². The largest absolute Gasteiger partial charge is 0.457 e. The van der Waals surface area contributed by atoms with Crippen molar-refractivity contribution in [1.29, 1.82) is 0 Å². The number of carbonyl (C=O) groups is 3. The van der Waals surface area contributed by atoms with Crippen LogP contribution < -0.4 is 4.89 Å². The highest BCUT2D eigenvalue weighted by Crippen LogP contribution is 2.43. The summed E-state index contributed by atoms with van der Waals surface area (Å²) in [5, 5.41) is 8.87. The second-order valence-corrected chi connectivity index (χ2v) is 9.17. The van der Waals surface area contributed by atoms with Crippen molar-refractivity contribution in [3.8, 4) is 5.75 Å². The van der Waals surface area contributed by atoms with Crippen molar-refractivity contribution in [2.75, 3.05) is 6.61 Å². The smallest absolute Gasteiger partial charge is 0.309 e. The van der Waals surface area contributed by atoms with Crippen LogP contribution >= 0.6 is 0 Å². The fourth-order valence-electron chi connectivity index (χ4n) is 4.98. The number of Topliss-reactive ketones (excluding diaryl/α,β-unsaturated/α-hetero) is 2. The van der Waals surface area contributed by atoms with E-state index in [4.69, 9.17) is 9.99 Å². The molecule has 1 fully saturated rings. The van der Waals surface area contributed by atoms with Gasteiger partial charge in [-0.3, -0.25) is 14.4 Å². The van der Waals surface area contributed by atoms with Crippen LogP contribution in [0, 0.1) is 11.8 Å². The molecule has 178 valence electrons. The first-order chi connectivity index (χ1) is 16.5. The number of rotatable bonds is 7. The normalized spacial score (nSPS) is 22.9. The summed E-state index contributed by atoms with van der Waals surface area (Å²) in [6.07, 6.45) is 6.70. The van der Waals surface area contributed by atoms with Crippen LogP contribution in [0.25, 0.3) is 5.57 Å². The number of esters is 1. The summed E-state index contributed by atoms with van der Waals surface area (Å²) in [5.74, 6) is -1.21. The molecule has 0 aromatic heterocycles. The van der Waals surface area contributed by atoms with Crippen molar-refractivity contribution < 1.29 is 29.3 Å². The fourth-order valence-corrected chi connectivity index (χ4v) is 4.98. The zero-order valence-corrected chi connectivity index (χ0v) is 19.2. The summed E-state index contributed by atoms with van der Waals surface area (Å²) in [5.41, 5.74) is 3.07. The maximum absolute atomic E-state index is 13.3. The van der Waals surface area contributed by atoms with Crippen LogP contribution in [0.5, 0.6) is 5.75 Å². The second-order valence-electron chi connectivity index (χ2n) is 9.17. The van der Waals surface area contributed by atoms with Crippen molar-refractivity contribution in [3.63, 3.8) is 0 Å². The van der Waals surface area contributed by atoms with Gasteiger partial charge in [0.15, 0.2) is 18.1 Å². The lowest BCUT2D eigenvalue weighted by Gasteiger charge is -2.21. The summed E-state index contributed by atoms with van der Waals surface area (Å²) in [7, 11) is 0.